The molecule has 1 amide bonds. The van der Waals surface area contributed by atoms with Crippen molar-refractivity contribution in [2.45, 2.75) is 38.2 Å². The number of hydrogen-bond donors (Lipinski definition) is 1. The maximum Gasteiger partial charge on any atom is 0.261 e. The van der Waals surface area contributed by atoms with Crippen LogP contribution in [0.15, 0.2) is 30.6 Å². The number of hydrogen-bond acceptors (Lipinski definition) is 5. The highest BCUT2D eigenvalue weighted by Crippen LogP contribution is 2.44. The zero-order valence-electron chi connectivity index (χ0n) is 15.9. The standard InChI is InChI=1S/C21H27N3O2S/c1-2-24-11-7-21(8-12-24)17-14-19(27-18(17)6-13-26-21)20(25)23-10-5-16-4-3-9-22-15-16/h3-4,9,14-15H,2,5-8,10-13H2,1H3,(H,23,25). The van der Waals surface area contributed by atoms with Gasteiger partial charge in [-0.15, -0.1) is 11.3 Å². The Balaban J connectivity index is 1.42. The lowest BCUT2D eigenvalue weighted by Crippen LogP contribution is -2.46. The molecule has 0 saturated carbocycles. The number of carbonyl (C=O) groups excluding carboxylic acids is 1. The predicted molar refractivity (Wildman–Crippen MR) is 107 cm³/mol. The van der Waals surface area contributed by atoms with E-state index in [1.807, 2.05) is 18.3 Å². The summed E-state index contributed by atoms with van der Waals surface area (Å²) in [7, 11) is 0. The van der Waals surface area contributed by atoms with Gasteiger partial charge in [0.05, 0.1) is 17.1 Å². The number of nitrogens with zero attached hydrogens (tertiary/aromatic N) is 2. The van der Waals surface area contributed by atoms with Gasteiger partial charge in [0.25, 0.3) is 5.91 Å². The highest BCUT2D eigenvalue weighted by Gasteiger charge is 2.42. The van der Waals surface area contributed by atoms with Gasteiger partial charge < -0.3 is 15.0 Å². The highest BCUT2D eigenvalue weighted by atomic mass is 32.1. The Labute approximate surface area is 164 Å². The van der Waals surface area contributed by atoms with Gasteiger partial charge in [0.1, 0.15) is 0 Å². The number of carbonyl (C=O) groups is 1. The lowest BCUT2D eigenvalue weighted by Gasteiger charge is -2.43. The van der Waals surface area contributed by atoms with E-state index in [1.165, 1.54) is 10.4 Å². The summed E-state index contributed by atoms with van der Waals surface area (Å²) >= 11 is 1.65. The van der Waals surface area contributed by atoms with E-state index in [0.29, 0.717) is 6.54 Å². The lowest BCUT2D eigenvalue weighted by atomic mass is 9.82. The molecule has 6 heteroatoms. The normalized spacial score (nSPS) is 19.0. The second-order valence-corrected chi connectivity index (χ2v) is 8.48. The average Bonchev–Trinajstić information content (AvgIpc) is 3.16. The maximum atomic E-state index is 12.7. The Morgan fingerprint density at radius 3 is 3.00 bits per heavy atom. The molecule has 0 unspecified atom stereocenters. The van der Waals surface area contributed by atoms with Crippen LogP contribution < -0.4 is 5.32 Å². The molecule has 1 fully saturated rings. The average molecular weight is 386 g/mol. The molecule has 0 bridgehead atoms. The quantitative estimate of drug-likeness (QED) is 0.860. The molecule has 0 atom stereocenters. The summed E-state index contributed by atoms with van der Waals surface area (Å²) in [6.45, 7) is 6.83. The van der Waals surface area contributed by atoms with E-state index in [2.05, 4.69) is 28.2 Å². The van der Waals surface area contributed by atoms with Gasteiger partial charge in [0.15, 0.2) is 0 Å². The molecule has 4 heterocycles. The Bertz CT molecular complexity index is 782. The summed E-state index contributed by atoms with van der Waals surface area (Å²) in [6, 6.07) is 6.06. The van der Waals surface area contributed by atoms with Crippen LogP contribution in [0.2, 0.25) is 0 Å². The summed E-state index contributed by atoms with van der Waals surface area (Å²) in [6.07, 6.45) is 7.37. The molecule has 2 aromatic heterocycles. The number of fused-ring (bicyclic) bond motifs is 2. The molecule has 0 aromatic carbocycles. The molecule has 27 heavy (non-hydrogen) atoms. The van der Waals surface area contributed by atoms with Crippen LogP contribution in [-0.4, -0.2) is 48.6 Å². The Kier molecular flexibility index (Phi) is 5.57. The van der Waals surface area contributed by atoms with Crippen LogP contribution in [0.25, 0.3) is 0 Å². The van der Waals surface area contributed by atoms with Gasteiger partial charge in [-0.05, 0) is 49.1 Å². The Morgan fingerprint density at radius 1 is 1.41 bits per heavy atom. The molecular formula is C21H27N3O2S. The third kappa shape index (κ3) is 3.93. The number of likely N-dealkylation sites (tertiary alicyclic amines) is 1. The van der Waals surface area contributed by atoms with Crippen molar-refractivity contribution in [1.29, 1.82) is 0 Å². The van der Waals surface area contributed by atoms with Crippen LogP contribution in [0.5, 0.6) is 0 Å². The molecule has 2 aliphatic rings. The second kappa shape index (κ2) is 8.09. The Morgan fingerprint density at radius 2 is 2.26 bits per heavy atom. The molecule has 144 valence electrons. The van der Waals surface area contributed by atoms with Gasteiger partial charge >= 0.3 is 0 Å². The van der Waals surface area contributed by atoms with Crippen molar-refractivity contribution >= 4 is 17.2 Å². The molecular weight excluding hydrogens is 358 g/mol. The number of aromatic nitrogens is 1. The molecule has 2 aliphatic heterocycles. The van der Waals surface area contributed by atoms with Crippen LogP contribution in [0.1, 0.15) is 45.4 Å². The smallest absolute Gasteiger partial charge is 0.261 e. The van der Waals surface area contributed by atoms with Crippen LogP contribution >= 0.6 is 11.3 Å². The first-order valence-corrected chi connectivity index (χ1v) is 10.7. The summed E-state index contributed by atoms with van der Waals surface area (Å²) in [5.41, 5.74) is 2.23. The zero-order valence-corrected chi connectivity index (χ0v) is 16.7. The van der Waals surface area contributed by atoms with Crippen molar-refractivity contribution in [2.75, 3.05) is 32.8 Å². The van der Waals surface area contributed by atoms with Crippen molar-refractivity contribution in [3.63, 3.8) is 0 Å². The molecule has 1 spiro atoms. The first-order valence-electron chi connectivity index (χ1n) is 9.87. The van der Waals surface area contributed by atoms with Gasteiger partial charge in [-0.25, -0.2) is 0 Å². The summed E-state index contributed by atoms with van der Waals surface area (Å²) < 4.78 is 6.30. The van der Waals surface area contributed by atoms with Gasteiger partial charge in [0, 0.05) is 43.3 Å². The number of nitrogens with one attached hydrogen (secondary N) is 1. The molecule has 1 N–H and O–H groups in total. The highest BCUT2D eigenvalue weighted by molar-refractivity contribution is 7.14. The van der Waals surface area contributed by atoms with Gasteiger partial charge in [-0.2, -0.15) is 0 Å². The van der Waals surface area contributed by atoms with Gasteiger partial charge in [-0.3, -0.25) is 9.78 Å². The van der Waals surface area contributed by atoms with Crippen LogP contribution in [0.4, 0.5) is 0 Å². The number of rotatable bonds is 5. The SMILES string of the molecule is CCN1CCC2(CC1)OCCc1sc(C(=O)NCCc3cccnc3)cc12. The fraction of sp³-hybridized carbons (Fsp3) is 0.524. The molecule has 0 radical (unpaired) electrons. The van der Waals surface area contributed by atoms with Crippen LogP contribution in [0, 0.1) is 0 Å². The number of piperidine rings is 1. The van der Waals surface area contributed by atoms with Crippen molar-refractivity contribution < 1.29 is 9.53 Å². The van der Waals surface area contributed by atoms with Gasteiger partial charge in [0.2, 0.25) is 0 Å². The van der Waals surface area contributed by atoms with E-state index >= 15 is 0 Å². The molecule has 1 saturated heterocycles. The van der Waals surface area contributed by atoms with Crippen molar-refractivity contribution in [3.8, 4) is 0 Å². The predicted octanol–water partition coefficient (Wildman–Crippen LogP) is 3.00. The van der Waals surface area contributed by atoms with E-state index < -0.39 is 0 Å². The van der Waals surface area contributed by atoms with E-state index in [0.717, 1.165) is 62.4 Å². The fourth-order valence-electron chi connectivity index (χ4n) is 4.13. The maximum absolute atomic E-state index is 12.7. The van der Waals surface area contributed by atoms with Crippen LogP contribution in [-0.2, 0) is 23.2 Å². The van der Waals surface area contributed by atoms with Crippen LogP contribution in [0.3, 0.4) is 0 Å². The van der Waals surface area contributed by atoms with Gasteiger partial charge in [-0.1, -0.05) is 13.0 Å². The van der Waals surface area contributed by atoms with E-state index in [1.54, 1.807) is 17.5 Å². The van der Waals surface area contributed by atoms with E-state index in [-0.39, 0.29) is 11.5 Å². The summed E-state index contributed by atoms with van der Waals surface area (Å²) in [4.78, 5) is 21.4. The van der Waals surface area contributed by atoms with Crippen molar-refractivity contribution in [1.82, 2.24) is 15.2 Å². The number of pyridine rings is 1. The number of amides is 1. The zero-order chi connectivity index (χ0) is 18.7. The molecule has 5 nitrogen and oxygen atoms in total. The monoisotopic (exact) mass is 385 g/mol. The minimum Gasteiger partial charge on any atom is -0.370 e. The second-order valence-electron chi connectivity index (χ2n) is 7.34. The van der Waals surface area contributed by atoms with E-state index in [9.17, 15) is 4.79 Å². The molecule has 0 aliphatic carbocycles. The largest absolute Gasteiger partial charge is 0.370 e. The third-order valence-electron chi connectivity index (χ3n) is 5.76. The van der Waals surface area contributed by atoms with Crippen molar-refractivity contribution in [3.05, 3.63) is 51.5 Å². The first kappa shape index (κ1) is 18.6. The fourth-order valence-corrected chi connectivity index (χ4v) is 5.27. The third-order valence-corrected chi connectivity index (χ3v) is 6.96. The lowest BCUT2D eigenvalue weighted by molar-refractivity contribution is -0.0964. The first-order chi connectivity index (χ1) is 13.2. The summed E-state index contributed by atoms with van der Waals surface area (Å²) in [5.74, 6) is 0.0273. The summed E-state index contributed by atoms with van der Waals surface area (Å²) in [5, 5.41) is 3.06. The Hall–Kier alpha value is -1.76. The topological polar surface area (TPSA) is 54.5 Å². The number of thiophene rings is 1. The molecule has 4 rings (SSSR count). The minimum atomic E-state index is -0.177. The van der Waals surface area contributed by atoms with E-state index in [4.69, 9.17) is 4.74 Å². The minimum absolute atomic E-state index is 0.0273. The molecule has 2 aromatic rings. The van der Waals surface area contributed by atoms with Crippen molar-refractivity contribution in [2.24, 2.45) is 0 Å². The number of ether oxygens (including phenoxy) is 1.